The highest BCUT2D eigenvalue weighted by Gasteiger charge is 2.62. The maximum atomic E-state index is 13.2. The number of carbonyl (C=O) groups is 3. The van der Waals surface area contributed by atoms with Crippen LogP contribution in [0.15, 0.2) is 12.2 Å². The summed E-state index contributed by atoms with van der Waals surface area (Å²) in [7, 11) is 2.30. The largest absolute Gasteiger partial charge is 0.464 e. The van der Waals surface area contributed by atoms with Crippen LogP contribution in [-0.2, 0) is 18.8 Å². The summed E-state index contributed by atoms with van der Waals surface area (Å²) in [5, 5.41) is 2.90. The summed E-state index contributed by atoms with van der Waals surface area (Å²) in [6, 6.07) is -1.04. The second kappa shape index (κ2) is 10.1. The zero-order chi connectivity index (χ0) is 21.7. The van der Waals surface area contributed by atoms with Crippen LogP contribution < -0.4 is 11.0 Å². The highest BCUT2D eigenvalue weighted by Crippen LogP contribution is 2.46. The number of rotatable bonds is 5. The number of fused-ring (bicyclic) bond motifs is 2. The van der Waals surface area contributed by atoms with E-state index in [0.29, 0.717) is 33.1 Å². The van der Waals surface area contributed by atoms with Crippen molar-refractivity contribution in [1.29, 1.82) is 0 Å². The van der Waals surface area contributed by atoms with Crippen LogP contribution in [0.3, 0.4) is 0 Å². The lowest BCUT2D eigenvalue weighted by Crippen LogP contribution is -2.55. The average Bonchev–Trinajstić information content (AvgIpc) is 3.25. The van der Waals surface area contributed by atoms with E-state index in [1.54, 1.807) is 18.9 Å². The summed E-state index contributed by atoms with van der Waals surface area (Å²) in [6.45, 7) is 2.93. The molecule has 0 bridgehead atoms. The molecule has 9 nitrogen and oxygen atoms in total. The maximum Gasteiger partial charge on any atom is 0.332 e. The van der Waals surface area contributed by atoms with Gasteiger partial charge in [0.2, 0.25) is 5.91 Å². The van der Waals surface area contributed by atoms with Crippen LogP contribution >= 0.6 is 8.69 Å². The van der Waals surface area contributed by atoms with E-state index in [1.165, 1.54) is 4.90 Å². The van der Waals surface area contributed by atoms with Crippen molar-refractivity contribution in [2.24, 2.45) is 11.6 Å². The molecule has 166 valence electrons. The fraction of sp³-hybridized carbons (Fsp3) is 0.737. The van der Waals surface area contributed by atoms with Crippen LogP contribution in [0.25, 0.3) is 0 Å². The third-order valence-corrected chi connectivity index (χ3v) is 6.65. The van der Waals surface area contributed by atoms with Gasteiger partial charge in [-0.25, -0.2) is 9.59 Å². The number of nitrogens with zero attached hydrogens (tertiary/aromatic N) is 2. The molecule has 0 radical (unpaired) electrons. The molecule has 0 aromatic heterocycles. The number of amides is 3. The Morgan fingerprint density at radius 1 is 1.43 bits per heavy atom. The van der Waals surface area contributed by atoms with Gasteiger partial charge in [-0.3, -0.25) is 4.79 Å². The van der Waals surface area contributed by atoms with Crippen molar-refractivity contribution in [3.8, 4) is 0 Å². The summed E-state index contributed by atoms with van der Waals surface area (Å²) in [4.78, 5) is 42.2. The number of urea groups is 1. The molecule has 1 saturated carbocycles. The maximum absolute atomic E-state index is 13.2. The quantitative estimate of drug-likeness (QED) is 0.280. The molecule has 0 spiro atoms. The van der Waals surface area contributed by atoms with Gasteiger partial charge >= 0.3 is 12.0 Å². The van der Waals surface area contributed by atoms with Crippen molar-refractivity contribution in [2.45, 2.75) is 56.7 Å². The van der Waals surface area contributed by atoms with Gasteiger partial charge in [0.05, 0.1) is 12.7 Å². The first-order chi connectivity index (χ1) is 14.4. The van der Waals surface area contributed by atoms with Gasteiger partial charge in [0.15, 0.2) is 0 Å². The van der Waals surface area contributed by atoms with Gasteiger partial charge in [0, 0.05) is 32.5 Å². The fourth-order valence-corrected chi connectivity index (χ4v) is 4.72. The average molecular weight is 438 g/mol. The molecule has 1 saturated heterocycles. The van der Waals surface area contributed by atoms with E-state index in [2.05, 4.69) is 11.4 Å². The molecular weight excluding hydrogens is 406 g/mol. The third-order valence-electron chi connectivity index (χ3n) is 5.99. The Labute approximate surface area is 180 Å². The molecule has 0 aromatic rings. The van der Waals surface area contributed by atoms with E-state index in [1.807, 2.05) is 6.08 Å². The number of allylic oxidation sites excluding steroid dienone is 1. The molecule has 3 aliphatic rings. The van der Waals surface area contributed by atoms with Crippen molar-refractivity contribution in [3.63, 3.8) is 0 Å². The van der Waals surface area contributed by atoms with Crippen molar-refractivity contribution in [2.75, 3.05) is 26.7 Å². The van der Waals surface area contributed by atoms with Gasteiger partial charge in [-0.2, -0.15) is 0 Å². The third kappa shape index (κ3) is 4.98. The summed E-state index contributed by atoms with van der Waals surface area (Å²) in [5.41, 5.74) is 4.50. The highest BCUT2D eigenvalue weighted by atomic mass is 31.1. The van der Waals surface area contributed by atoms with E-state index in [0.717, 1.165) is 19.3 Å². The molecule has 1 aliphatic carbocycles. The Hall–Kier alpha value is -1.64. The predicted octanol–water partition coefficient (Wildman–Crippen LogP) is 0.495. The Balaban J connectivity index is 1.84. The molecule has 1 unspecified atom stereocenters. The van der Waals surface area contributed by atoms with Crippen molar-refractivity contribution in [3.05, 3.63) is 12.2 Å². The number of hydrogen-bond acceptors (Lipinski definition) is 6. The second-order valence-corrected chi connectivity index (χ2v) is 9.04. The molecular formula is C19H32BN4O5P. The topological polar surface area (TPSA) is 114 Å². The van der Waals surface area contributed by atoms with E-state index >= 15 is 0 Å². The van der Waals surface area contributed by atoms with E-state index in [-0.39, 0.29) is 33.2 Å². The monoisotopic (exact) mass is 438 g/mol. The van der Waals surface area contributed by atoms with Crippen LogP contribution in [-0.4, -0.2) is 79.3 Å². The molecule has 11 heteroatoms. The normalized spacial score (nSPS) is 33.5. The minimum absolute atomic E-state index is 0.0892. The summed E-state index contributed by atoms with van der Waals surface area (Å²) >= 11 is 0. The number of likely N-dealkylation sites (N-methyl/N-ethyl adjacent to an activating group) is 1. The molecule has 2 aliphatic heterocycles. The van der Waals surface area contributed by atoms with Gasteiger partial charge in [-0.05, 0) is 41.3 Å². The smallest absolute Gasteiger partial charge is 0.332 e. The summed E-state index contributed by atoms with van der Waals surface area (Å²) < 4.78 is 11.0. The fourth-order valence-electron chi connectivity index (χ4n) is 4.22. The molecule has 0 aromatic carbocycles. The molecule has 30 heavy (non-hydrogen) atoms. The Morgan fingerprint density at radius 2 is 2.23 bits per heavy atom. The van der Waals surface area contributed by atoms with E-state index < -0.39 is 23.6 Å². The SMILES string of the molecule is CCOC(=O)[C@@]12C[C@H]1/C=C\CCCCN(C)C(=O)[C@@H]1C[C@H](OPBN)CN1C(=O)N2. The first-order valence-electron chi connectivity index (χ1n) is 10.7. The van der Waals surface area contributed by atoms with Crippen molar-refractivity contribution < 1.29 is 23.6 Å². The predicted molar refractivity (Wildman–Crippen MR) is 116 cm³/mol. The van der Waals surface area contributed by atoms with E-state index in [9.17, 15) is 14.4 Å². The number of nitrogens with two attached hydrogens (primary N) is 1. The van der Waals surface area contributed by atoms with Crippen LogP contribution in [0.1, 0.15) is 39.0 Å². The summed E-state index contributed by atoms with van der Waals surface area (Å²) in [5.74, 6) is -0.609. The van der Waals surface area contributed by atoms with Gasteiger partial charge in [-0.1, -0.05) is 12.2 Å². The number of nitrogens with one attached hydrogen (secondary N) is 1. The zero-order valence-corrected chi connectivity index (χ0v) is 18.8. The minimum atomic E-state index is -1.05. The van der Waals surface area contributed by atoms with Crippen molar-refractivity contribution in [1.82, 2.24) is 15.1 Å². The van der Waals surface area contributed by atoms with Gasteiger partial charge in [0.1, 0.15) is 11.6 Å². The molecule has 2 heterocycles. The lowest BCUT2D eigenvalue weighted by atomic mass is 10.1. The van der Waals surface area contributed by atoms with E-state index in [4.69, 9.17) is 14.9 Å². The Morgan fingerprint density at radius 3 is 2.97 bits per heavy atom. The lowest BCUT2D eigenvalue weighted by molar-refractivity contribution is -0.147. The minimum Gasteiger partial charge on any atom is -0.464 e. The van der Waals surface area contributed by atoms with Gasteiger partial charge in [0.25, 0.3) is 7.13 Å². The van der Waals surface area contributed by atoms with Crippen LogP contribution in [0.4, 0.5) is 4.79 Å². The van der Waals surface area contributed by atoms with Crippen LogP contribution in [0, 0.1) is 5.92 Å². The molecule has 3 rings (SSSR count). The van der Waals surface area contributed by atoms with Crippen LogP contribution in [0.2, 0.25) is 0 Å². The first kappa shape index (κ1) is 23.0. The first-order valence-corrected chi connectivity index (χ1v) is 11.8. The summed E-state index contributed by atoms with van der Waals surface area (Å²) in [6.07, 6.45) is 7.47. The van der Waals surface area contributed by atoms with Crippen LogP contribution in [0.5, 0.6) is 0 Å². The zero-order valence-electron chi connectivity index (χ0n) is 17.8. The molecule has 5 atom stereocenters. The number of esters is 1. The molecule has 2 fully saturated rings. The lowest BCUT2D eigenvalue weighted by Gasteiger charge is -2.29. The number of ether oxygens (including phenoxy) is 1. The number of hydrogen-bond donors (Lipinski definition) is 2. The second-order valence-electron chi connectivity index (χ2n) is 8.11. The number of carbonyl (C=O) groups excluding carboxylic acids is 3. The van der Waals surface area contributed by atoms with Crippen molar-refractivity contribution >= 4 is 33.7 Å². The molecule has 3 N–H and O–H groups in total. The highest BCUT2D eigenvalue weighted by molar-refractivity contribution is 7.66. The molecule has 3 amide bonds. The van der Waals surface area contributed by atoms with Gasteiger partial charge < -0.3 is 30.0 Å². The van der Waals surface area contributed by atoms with Gasteiger partial charge in [-0.15, -0.1) is 0 Å². The standard InChI is InChI=1S/C19H32BN4O5P/c1-3-28-17(26)19-11-13(19)8-6-4-5-7-9-23(2)16(25)15-10-14(29-30-20-21)12-24(15)18(27)22-19/h6,8,13-15,20,30H,3-5,7,9-12,21H2,1-2H3,(H,22,27)/b8-6-/t13-,14+,15+,19-/m1/s1. The Bertz CT molecular complexity index is 696. The Kier molecular flexibility index (Phi) is 7.77.